The molecule has 212 valence electrons. The molecule has 6 N–H and O–H groups in total. The van der Waals surface area contributed by atoms with E-state index in [0.717, 1.165) is 76.7 Å². The molecule has 12 heteroatoms. The van der Waals surface area contributed by atoms with Crippen LogP contribution in [0.25, 0.3) is 17.0 Å². The Hall–Kier alpha value is -2.50. The number of piperidine rings is 1. The van der Waals surface area contributed by atoms with Crippen LogP contribution in [0.5, 0.6) is 5.75 Å². The van der Waals surface area contributed by atoms with Crippen molar-refractivity contribution in [1.29, 1.82) is 0 Å². The summed E-state index contributed by atoms with van der Waals surface area (Å²) in [6.07, 6.45) is 7.10. The zero-order chi connectivity index (χ0) is 25.1. The van der Waals surface area contributed by atoms with Crippen LogP contribution in [0.4, 0.5) is 5.82 Å². The number of likely N-dealkylation sites (tertiary alicyclic amines) is 1. The predicted molar refractivity (Wildman–Crippen MR) is 134 cm³/mol. The Morgan fingerprint density at radius 1 is 1.13 bits per heavy atom. The van der Waals surface area contributed by atoms with E-state index in [1.807, 2.05) is 36.4 Å². The smallest absolute Gasteiger partial charge is 0.360 e. The second kappa shape index (κ2) is 14.8. The number of benzene rings is 1. The molecule has 4 heterocycles. The van der Waals surface area contributed by atoms with E-state index in [1.54, 1.807) is 19.5 Å². The van der Waals surface area contributed by atoms with Crippen molar-refractivity contribution in [3.63, 3.8) is 0 Å². The normalized spacial score (nSPS) is 20.5. The molecule has 2 aromatic heterocycles. The molecule has 3 aromatic rings. The van der Waals surface area contributed by atoms with E-state index >= 15 is 0 Å². The number of aliphatic carboxylic acids is 1. The lowest BCUT2D eigenvalue weighted by Gasteiger charge is -2.29. The number of quaternary nitrogens is 3. The Morgan fingerprint density at radius 2 is 1.90 bits per heavy atom. The van der Waals surface area contributed by atoms with Gasteiger partial charge < -0.3 is 62.4 Å². The number of carboxylic acids is 1. The maximum atomic E-state index is 11.4. The molecule has 2 aliphatic heterocycles. The summed E-state index contributed by atoms with van der Waals surface area (Å²) in [6.45, 7) is 3.41. The lowest BCUT2D eigenvalue weighted by Crippen LogP contribution is -3.15. The van der Waals surface area contributed by atoms with Gasteiger partial charge in [-0.25, -0.2) is 14.7 Å². The predicted octanol–water partition coefficient (Wildman–Crippen LogP) is -10.0. The molecule has 5 rings (SSSR count). The molecule has 0 aliphatic carbocycles. The Bertz CT molecular complexity index is 1290. The van der Waals surface area contributed by atoms with Crippen LogP contribution in [-0.4, -0.2) is 72.0 Å². The van der Waals surface area contributed by atoms with Gasteiger partial charge in [-0.3, -0.25) is 4.98 Å². The summed E-state index contributed by atoms with van der Waals surface area (Å²) in [5.41, 5.74) is 3.82. The molecule has 0 spiro atoms. The summed E-state index contributed by atoms with van der Waals surface area (Å²) in [6, 6.07) is 12.0. The summed E-state index contributed by atoms with van der Waals surface area (Å²) in [5, 5.41) is 23.7. The molecule has 9 nitrogen and oxygen atoms in total. The van der Waals surface area contributed by atoms with Crippen LogP contribution in [0.3, 0.4) is 0 Å². The third-order valence-electron chi connectivity index (χ3n) is 7.40. The molecule has 0 amide bonds. The van der Waals surface area contributed by atoms with Crippen LogP contribution in [0.15, 0.2) is 54.5 Å². The first kappa shape index (κ1) is 32.7. The molecule has 39 heavy (non-hydrogen) atoms. The minimum Gasteiger partial charge on any atom is -1.00 e. The molecule has 0 bridgehead atoms. The van der Waals surface area contributed by atoms with Crippen molar-refractivity contribution in [2.75, 3.05) is 39.8 Å². The van der Waals surface area contributed by atoms with Crippen molar-refractivity contribution in [1.82, 2.24) is 9.97 Å². The van der Waals surface area contributed by atoms with Gasteiger partial charge in [-0.05, 0) is 42.0 Å². The number of methoxy groups -OCH3 is 1. The first-order valence-electron chi connectivity index (χ1n) is 12.5. The van der Waals surface area contributed by atoms with E-state index in [2.05, 4.69) is 21.4 Å². The number of carbonyl (C=O) groups is 1. The third-order valence-corrected chi connectivity index (χ3v) is 7.40. The quantitative estimate of drug-likeness (QED) is 0.167. The van der Waals surface area contributed by atoms with Gasteiger partial charge in [-0.1, -0.05) is 0 Å². The van der Waals surface area contributed by atoms with Gasteiger partial charge in [-0.2, -0.15) is 0 Å². The van der Waals surface area contributed by atoms with Gasteiger partial charge in [0.1, 0.15) is 18.4 Å². The van der Waals surface area contributed by atoms with Gasteiger partial charge in [0.2, 0.25) is 5.82 Å². The standard InChI is InChI=1S/C27H31N5O4.3ClH/c1-36-21-4-5-24-23(14-21)22(6-10-28-24)25(33)16-31-11-7-19(8-12-31)30-15-20-13-18-3-2-9-29-27(18)32(20)17-26(34)35;;;/h2-6,9-10,13-14,19,25,30,33H,7-8,11-12,15-17H2,1H3,(H,34,35);3*1H/t25-;;;/m0.../s1. The van der Waals surface area contributed by atoms with Crippen molar-refractivity contribution in [2.24, 2.45) is 0 Å². The highest BCUT2D eigenvalue weighted by Gasteiger charge is 2.34. The van der Waals surface area contributed by atoms with Gasteiger partial charge in [0, 0.05) is 36.7 Å². The molecule has 0 saturated carbocycles. The van der Waals surface area contributed by atoms with Crippen molar-refractivity contribution >= 4 is 28.8 Å². The zero-order valence-corrected chi connectivity index (χ0v) is 23.9. The molecule has 2 aliphatic rings. The Balaban J connectivity index is 0.00000178. The largest absolute Gasteiger partial charge is 1.00 e. The van der Waals surface area contributed by atoms with Gasteiger partial charge >= 0.3 is 5.97 Å². The van der Waals surface area contributed by atoms with E-state index in [9.17, 15) is 15.0 Å². The fraction of sp³-hybridized carbons (Fsp3) is 0.370. The minimum absolute atomic E-state index is 0. The summed E-state index contributed by atoms with van der Waals surface area (Å²) < 4.78 is 5.37. The average molecular weight is 599 g/mol. The number of nitrogens with two attached hydrogens (primary N) is 1. The number of pyridine rings is 2. The lowest BCUT2D eigenvalue weighted by molar-refractivity contribution is -0.917. The van der Waals surface area contributed by atoms with E-state index in [0.29, 0.717) is 12.6 Å². The van der Waals surface area contributed by atoms with Gasteiger partial charge in [0.15, 0.2) is 18.8 Å². The number of nitrogens with one attached hydrogen (secondary N) is 2. The number of aromatic nitrogens is 2. The van der Waals surface area contributed by atoms with Gasteiger partial charge in [0.05, 0.1) is 37.3 Å². The average Bonchev–Trinajstić information content (AvgIpc) is 3.24. The van der Waals surface area contributed by atoms with E-state index < -0.39 is 12.1 Å². The monoisotopic (exact) mass is 597 g/mol. The summed E-state index contributed by atoms with van der Waals surface area (Å²) in [4.78, 5) is 22.5. The molecule has 1 saturated heterocycles. The number of halogens is 3. The first-order valence-corrected chi connectivity index (χ1v) is 12.5. The number of aliphatic hydroxyl groups is 1. The Morgan fingerprint density at radius 3 is 2.62 bits per heavy atom. The molecular formula is C27H34Cl3N5O4. The molecule has 1 aromatic carbocycles. The van der Waals surface area contributed by atoms with Gasteiger partial charge in [0.25, 0.3) is 0 Å². The number of ether oxygens (including phenoxy) is 1. The van der Waals surface area contributed by atoms with Crippen molar-refractivity contribution in [2.45, 2.75) is 25.0 Å². The Kier molecular flexibility index (Phi) is 12.4. The number of hydrogen-bond donors (Lipinski definition) is 5. The van der Waals surface area contributed by atoms with Crippen LogP contribution < -0.4 is 57.1 Å². The second-order valence-electron chi connectivity index (χ2n) is 9.69. The van der Waals surface area contributed by atoms with Crippen molar-refractivity contribution in [3.05, 3.63) is 65.6 Å². The zero-order valence-electron chi connectivity index (χ0n) is 21.6. The summed E-state index contributed by atoms with van der Waals surface area (Å²) in [7, 11) is 1.64. The first-order chi connectivity index (χ1) is 17.5. The van der Waals surface area contributed by atoms with Crippen LogP contribution in [0, 0.1) is 0 Å². The third kappa shape index (κ3) is 7.58. The molecule has 1 unspecified atom stereocenters. The van der Waals surface area contributed by atoms with E-state index in [-0.39, 0.29) is 43.8 Å². The van der Waals surface area contributed by atoms with Crippen LogP contribution in [0.2, 0.25) is 0 Å². The maximum absolute atomic E-state index is 11.4. The maximum Gasteiger partial charge on any atom is 0.360 e. The van der Waals surface area contributed by atoms with E-state index in [4.69, 9.17) is 4.74 Å². The highest BCUT2D eigenvalue weighted by molar-refractivity contribution is 5.83. The number of fused-ring (bicyclic) bond motifs is 2. The van der Waals surface area contributed by atoms with Crippen molar-refractivity contribution in [3.8, 4) is 5.75 Å². The molecular weight excluding hydrogens is 565 g/mol. The van der Waals surface area contributed by atoms with Crippen LogP contribution in [-0.2, 0) is 4.79 Å². The highest BCUT2D eigenvalue weighted by Crippen LogP contribution is 2.26. The summed E-state index contributed by atoms with van der Waals surface area (Å²) in [5.74, 6) is 0.732. The number of carboxylic acid groups (broad SMARTS) is 1. The highest BCUT2D eigenvalue weighted by atomic mass is 35.5. The topological polar surface area (TPSA) is 118 Å². The van der Waals surface area contributed by atoms with Crippen LogP contribution in [0.1, 0.15) is 30.1 Å². The van der Waals surface area contributed by atoms with Crippen molar-refractivity contribution < 1.29 is 72.1 Å². The number of hydrogen-bond acceptors (Lipinski definition) is 5. The Labute approximate surface area is 246 Å². The SMILES string of the molecule is COc1ccc2nccc([C@@H](O)C[NH+]3CCC([NH2+]CC4=Cc5cccnc5[NH+]4CC(=O)O)CC3)c2c1.[Cl-].[Cl-].[Cl-]. The molecule has 2 atom stereocenters. The summed E-state index contributed by atoms with van der Waals surface area (Å²) >= 11 is 0. The number of rotatable bonds is 9. The second-order valence-corrected chi connectivity index (χ2v) is 9.69. The van der Waals surface area contributed by atoms with Gasteiger partial charge in [-0.15, -0.1) is 0 Å². The molecule has 1 fully saturated rings. The molecule has 0 radical (unpaired) electrons. The fourth-order valence-electron chi connectivity index (χ4n) is 5.47. The van der Waals surface area contributed by atoms with E-state index in [1.165, 1.54) is 4.90 Å². The van der Waals surface area contributed by atoms with Crippen LogP contribution >= 0.6 is 0 Å². The lowest BCUT2D eigenvalue weighted by atomic mass is 10.0. The fourth-order valence-corrected chi connectivity index (χ4v) is 5.47. The minimum atomic E-state index is -0.828. The number of aliphatic hydroxyl groups excluding tert-OH is 1. The number of nitrogens with zero attached hydrogens (tertiary/aromatic N) is 2.